The standard InChI is InChI=1S/C9H11N7S/c1-16-9(13-14-15-16)17-5-6-3-2-4-12-7(6)8(10)11/h2-4H,5H2,1H3,(H3,10,11). The molecule has 2 heterocycles. The van der Waals surface area contributed by atoms with Gasteiger partial charge in [0.2, 0.25) is 5.16 Å². The Bertz CT molecular complexity index is 536. The zero-order chi connectivity index (χ0) is 12.3. The van der Waals surface area contributed by atoms with Gasteiger partial charge in [-0.15, -0.1) is 5.10 Å². The number of aromatic nitrogens is 5. The molecule has 0 aliphatic rings. The first-order chi connectivity index (χ1) is 8.18. The molecular formula is C9H11N7S. The highest BCUT2D eigenvalue weighted by Gasteiger charge is 2.09. The molecular weight excluding hydrogens is 238 g/mol. The second-order valence-corrected chi connectivity index (χ2v) is 4.24. The first-order valence-electron chi connectivity index (χ1n) is 4.82. The average Bonchev–Trinajstić information content (AvgIpc) is 2.72. The lowest BCUT2D eigenvalue weighted by Crippen LogP contribution is -2.15. The molecule has 2 aromatic rings. The quantitative estimate of drug-likeness (QED) is 0.455. The largest absolute Gasteiger partial charge is 0.382 e. The monoisotopic (exact) mass is 249 g/mol. The Morgan fingerprint density at radius 2 is 2.41 bits per heavy atom. The average molecular weight is 249 g/mol. The maximum Gasteiger partial charge on any atom is 0.209 e. The number of nitrogens with one attached hydrogen (secondary N) is 1. The van der Waals surface area contributed by atoms with E-state index in [-0.39, 0.29) is 5.84 Å². The van der Waals surface area contributed by atoms with Gasteiger partial charge in [-0.05, 0) is 22.1 Å². The normalized spacial score (nSPS) is 10.4. The molecule has 0 amide bonds. The fourth-order valence-electron chi connectivity index (χ4n) is 1.28. The van der Waals surface area contributed by atoms with Crippen LogP contribution in [-0.4, -0.2) is 31.0 Å². The Kier molecular flexibility index (Phi) is 3.33. The molecule has 0 saturated carbocycles. The minimum absolute atomic E-state index is 0.0303. The van der Waals surface area contributed by atoms with Crippen molar-refractivity contribution >= 4 is 17.6 Å². The molecule has 0 saturated heterocycles. The SMILES string of the molecule is Cn1nnnc1SCc1cccnc1C(=N)N. The summed E-state index contributed by atoms with van der Waals surface area (Å²) in [5.41, 5.74) is 6.87. The van der Waals surface area contributed by atoms with Crippen molar-refractivity contribution in [1.82, 2.24) is 25.2 Å². The van der Waals surface area contributed by atoms with Crippen molar-refractivity contribution in [3.8, 4) is 0 Å². The predicted molar refractivity (Wildman–Crippen MR) is 63.6 cm³/mol. The number of hydrogen-bond acceptors (Lipinski definition) is 6. The van der Waals surface area contributed by atoms with Gasteiger partial charge in [-0.25, -0.2) is 4.68 Å². The summed E-state index contributed by atoms with van der Waals surface area (Å²) in [7, 11) is 1.78. The molecule has 3 N–H and O–H groups in total. The van der Waals surface area contributed by atoms with Crippen molar-refractivity contribution in [1.29, 1.82) is 5.41 Å². The van der Waals surface area contributed by atoms with E-state index in [2.05, 4.69) is 20.5 Å². The van der Waals surface area contributed by atoms with Crippen molar-refractivity contribution in [2.75, 3.05) is 0 Å². The van der Waals surface area contributed by atoms with E-state index in [1.807, 2.05) is 12.1 Å². The number of nitrogens with two attached hydrogens (primary N) is 1. The fourth-order valence-corrected chi connectivity index (χ4v) is 2.12. The van der Waals surface area contributed by atoms with Gasteiger partial charge in [-0.3, -0.25) is 10.4 Å². The number of hydrogen-bond donors (Lipinski definition) is 2. The molecule has 17 heavy (non-hydrogen) atoms. The van der Waals surface area contributed by atoms with Crippen LogP contribution in [0.1, 0.15) is 11.3 Å². The van der Waals surface area contributed by atoms with Crippen LogP contribution in [-0.2, 0) is 12.8 Å². The Morgan fingerprint density at radius 3 is 3.06 bits per heavy atom. The zero-order valence-corrected chi connectivity index (χ0v) is 9.98. The lowest BCUT2D eigenvalue weighted by atomic mass is 10.2. The topological polar surface area (TPSA) is 106 Å². The van der Waals surface area contributed by atoms with E-state index in [0.717, 1.165) is 5.56 Å². The van der Waals surface area contributed by atoms with Gasteiger partial charge in [0.15, 0.2) is 0 Å². The number of pyridine rings is 1. The number of tetrazole rings is 1. The first kappa shape index (κ1) is 11.5. The van der Waals surface area contributed by atoms with Gasteiger partial charge in [0.05, 0.1) is 0 Å². The van der Waals surface area contributed by atoms with Gasteiger partial charge in [0.25, 0.3) is 0 Å². The van der Waals surface area contributed by atoms with E-state index in [9.17, 15) is 0 Å². The van der Waals surface area contributed by atoms with Crippen molar-refractivity contribution in [3.63, 3.8) is 0 Å². The second kappa shape index (κ2) is 4.91. The summed E-state index contributed by atoms with van der Waals surface area (Å²) in [4.78, 5) is 4.08. The highest BCUT2D eigenvalue weighted by atomic mass is 32.2. The number of aryl methyl sites for hydroxylation is 1. The molecule has 0 aromatic carbocycles. The summed E-state index contributed by atoms with van der Waals surface area (Å²) in [5, 5.41) is 19.3. The third-order valence-electron chi connectivity index (χ3n) is 2.08. The Morgan fingerprint density at radius 1 is 1.59 bits per heavy atom. The predicted octanol–water partition coefficient (Wildman–Crippen LogP) is 0.181. The molecule has 7 nitrogen and oxygen atoms in total. The van der Waals surface area contributed by atoms with Gasteiger partial charge >= 0.3 is 0 Å². The molecule has 0 radical (unpaired) electrons. The molecule has 88 valence electrons. The van der Waals surface area contributed by atoms with Crippen molar-refractivity contribution in [3.05, 3.63) is 29.6 Å². The number of nitrogen functional groups attached to an aromatic ring is 1. The van der Waals surface area contributed by atoms with Crippen LogP contribution in [0.4, 0.5) is 0 Å². The van der Waals surface area contributed by atoms with Crippen molar-refractivity contribution < 1.29 is 0 Å². The summed E-state index contributed by atoms with van der Waals surface area (Å²) < 4.78 is 1.59. The van der Waals surface area contributed by atoms with Crippen LogP contribution in [0.2, 0.25) is 0 Å². The van der Waals surface area contributed by atoms with Crippen LogP contribution in [0.3, 0.4) is 0 Å². The minimum atomic E-state index is -0.0303. The Labute approximate surface area is 102 Å². The van der Waals surface area contributed by atoms with Crippen molar-refractivity contribution in [2.45, 2.75) is 10.9 Å². The number of rotatable bonds is 4. The molecule has 0 aliphatic carbocycles. The first-order valence-corrected chi connectivity index (χ1v) is 5.80. The second-order valence-electron chi connectivity index (χ2n) is 3.30. The van der Waals surface area contributed by atoms with Crippen molar-refractivity contribution in [2.24, 2.45) is 12.8 Å². The van der Waals surface area contributed by atoms with E-state index < -0.39 is 0 Å². The van der Waals surface area contributed by atoms with Gasteiger partial charge in [-0.1, -0.05) is 17.8 Å². The zero-order valence-electron chi connectivity index (χ0n) is 9.16. The molecule has 2 rings (SSSR count). The summed E-state index contributed by atoms with van der Waals surface area (Å²) >= 11 is 1.47. The molecule has 0 unspecified atom stereocenters. The van der Waals surface area contributed by atoms with Crippen LogP contribution < -0.4 is 5.73 Å². The highest BCUT2D eigenvalue weighted by molar-refractivity contribution is 7.98. The maximum absolute atomic E-state index is 7.43. The van der Waals surface area contributed by atoms with E-state index in [1.165, 1.54) is 11.8 Å². The minimum Gasteiger partial charge on any atom is -0.382 e. The third kappa shape index (κ3) is 2.59. The van der Waals surface area contributed by atoms with E-state index in [4.69, 9.17) is 11.1 Å². The molecule has 0 spiro atoms. The van der Waals surface area contributed by atoms with Crippen LogP contribution in [0, 0.1) is 5.41 Å². The molecule has 0 atom stereocenters. The Balaban J connectivity index is 2.14. The lowest BCUT2D eigenvalue weighted by Gasteiger charge is -2.05. The van der Waals surface area contributed by atoms with Gasteiger partial charge < -0.3 is 5.73 Å². The number of amidine groups is 1. The van der Waals surface area contributed by atoms with Crippen LogP contribution in [0.15, 0.2) is 23.5 Å². The summed E-state index contributed by atoms with van der Waals surface area (Å²) in [6.45, 7) is 0. The van der Waals surface area contributed by atoms with Crippen LogP contribution in [0.5, 0.6) is 0 Å². The Hall–Kier alpha value is -1.96. The van der Waals surface area contributed by atoms with Crippen LogP contribution in [0.25, 0.3) is 0 Å². The third-order valence-corrected chi connectivity index (χ3v) is 3.14. The summed E-state index contributed by atoms with van der Waals surface area (Å²) in [6, 6.07) is 3.71. The molecule has 0 fully saturated rings. The summed E-state index contributed by atoms with van der Waals surface area (Å²) in [6.07, 6.45) is 1.62. The molecule has 2 aromatic heterocycles. The van der Waals surface area contributed by atoms with E-state index in [0.29, 0.717) is 16.6 Å². The smallest absolute Gasteiger partial charge is 0.209 e. The lowest BCUT2D eigenvalue weighted by molar-refractivity contribution is 0.664. The molecule has 0 bridgehead atoms. The van der Waals surface area contributed by atoms with Crippen LogP contribution >= 0.6 is 11.8 Å². The number of thioether (sulfide) groups is 1. The van der Waals surface area contributed by atoms with E-state index >= 15 is 0 Å². The fraction of sp³-hybridized carbons (Fsp3) is 0.222. The molecule has 8 heteroatoms. The van der Waals surface area contributed by atoms with E-state index in [1.54, 1.807) is 17.9 Å². The summed E-state index contributed by atoms with van der Waals surface area (Å²) in [5.74, 6) is 0.592. The van der Waals surface area contributed by atoms with Gasteiger partial charge in [0.1, 0.15) is 11.5 Å². The van der Waals surface area contributed by atoms with Gasteiger partial charge in [-0.2, -0.15) is 0 Å². The number of nitrogens with zero attached hydrogens (tertiary/aromatic N) is 5. The maximum atomic E-state index is 7.43. The van der Waals surface area contributed by atoms with Gasteiger partial charge in [0, 0.05) is 19.0 Å². The molecule has 0 aliphatic heterocycles. The highest BCUT2D eigenvalue weighted by Crippen LogP contribution is 2.20.